The highest BCUT2D eigenvalue weighted by molar-refractivity contribution is 6.30. The van der Waals surface area contributed by atoms with E-state index in [1.807, 2.05) is 0 Å². The van der Waals surface area contributed by atoms with Crippen LogP contribution < -0.4 is 11.3 Å². The molecular formula is C9H11ClN2O4. The number of carbonyl (C=O) groups is 1. The van der Waals surface area contributed by atoms with Gasteiger partial charge in [0.05, 0.1) is 12.5 Å². The van der Waals surface area contributed by atoms with Gasteiger partial charge in [-0.15, -0.1) is 0 Å². The number of rotatable bonds is 4. The summed E-state index contributed by atoms with van der Waals surface area (Å²) in [6, 6.07) is 1.22. The molecule has 16 heavy (non-hydrogen) atoms. The van der Waals surface area contributed by atoms with Crippen LogP contribution in [-0.2, 0) is 4.79 Å². The second-order valence-corrected chi connectivity index (χ2v) is 3.70. The zero-order valence-electron chi connectivity index (χ0n) is 8.18. The molecule has 0 bridgehead atoms. The van der Waals surface area contributed by atoms with Gasteiger partial charge in [-0.2, -0.15) is 0 Å². The van der Waals surface area contributed by atoms with E-state index >= 15 is 0 Å². The van der Waals surface area contributed by atoms with E-state index < -0.39 is 23.7 Å². The highest BCUT2D eigenvalue weighted by atomic mass is 35.5. The number of amides is 1. The first-order valence-corrected chi connectivity index (χ1v) is 4.82. The molecule has 6 nitrogen and oxygen atoms in total. The lowest BCUT2D eigenvalue weighted by Crippen LogP contribution is -2.26. The van der Waals surface area contributed by atoms with E-state index in [1.54, 1.807) is 0 Å². The third kappa shape index (κ3) is 3.06. The molecule has 2 unspecified atom stereocenters. The van der Waals surface area contributed by atoms with Gasteiger partial charge in [0.2, 0.25) is 5.91 Å². The van der Waals surface area contributed by atoms with Crippen molar-refractivity contribution in [2.75, 3.05) is 0 Å². The molecule has 1 aromatic heterocycles. The molecule has 0 aromatic carbocycles. The number of hydrogen-bond acceptors (Lipinski definition) is 4. The molecule has 2 atom stereocenters. The second kappa shape index (κ2) is 5.11. The lowest BCUT2D eigenvalue weighted by atomic mass is 10.0. The number of hydrogen-bond donors (Lipinski definition) is 4. The SMILES string of the molecule is NC(=O)CC(O)C(O)c1c[nH]c(=O)c(Cl)c1. The molecule has 0 fully saturated rings. The van der Waals surface area contributed by atoms with E-state index in [0.717, 1.165) is 0 Å². The van der Waals surface area contributed by atoms with Gasteiger partial charge in [0, 0.05) is 11.8 Å². The van der Waals surface area contributed by atoms with Crippen molar-refractivity contribution in [2.45, 2.75) is 18.6 Å². The predicted octanol–water partition coefficient (Wildman–Crippen LogP) is -0.702. The molecule has 0 aliphatic rings. The van der Waals surface area contributed by atoms with Crippen LogP contribution in [0.1, 0.15) is 18.1 Å². The molecule has 1 rings (SSSR count). The van der Waals surface area contributed by atoms with Crippen molar-refractivity contribution in [1.29, 1.82) is 0 Å². The Morgan fingerprint density at radius 2 is 2.19 bits per heavy atom. The summed E-state index contributed by atoms with van der Waals surface area (Å²) in [6.45, 7) is 0. The third-order valence-corrected chi connectivity index (χ3v) is 2.28. The first kappa shape index (κ1) is 12.7. The van der Waals surface area contributed by atoms with E-state index in [2.05, 4.69) is 4.98 Å². The minimum Gasteiger partial charge on any atom is -0.390 e. The molecule has 0 spiro atoms. The molecule has 0 saturated carbocycles. The minimum atomic E-state index is -1.33. The molecule has 1 aromatic rings. The van der Waals surface area contributed by atoms with Crippen molar-refractivity contribution in [3.8, 4) is 0 Å². The van der Waals surface area contributed by atoms with Crippen LogP contribution in [0, 0.1) is 0 Å². The van der Waals surface area contributed by atoms with Crippen molar-refractivity contribution in [3.05, 3.63) is 33.2 Å². The van der Waals surface area contributed by atoms with E-state index in [0.29, 0.717) is 0 Å². The number of aromatic nitrogens is 1. The number of aliphatic hydroxyl groups excluding tert-OH is 2. The maximum Gasteiger partial charge on any atom is 0.266 e. The van der Waals surface area contributed by atoms with Gasteiger partial charge in [0.25, 0.3) is 5.56 Å². The van der Waals surface area contributed by atoms with Crippen molar-refractivity contribution in [1.82, 2.24) is 4.98 Å². The Balaban J connectivity index is 2.87. The molecule has 7 heteroatoms. The average Bonchev–Trinajstić information content (AvgIpc) is 2.20. The van der Waals surface area contributed by atoms with Gasteiger partial charge < -0.3 is 20.9 Å². The molecular weight excluding hydrogens is 236 g/mol. The van der Waals surface area contributed by atoms with Crippen molar-refractivity contribution in [2.24, 2.45) is 5.73 Å². The number of carbonyl (C=O) groups excluding carboxylic acids is 1. The summed E-state index contributed by atoms with van der Waals surface area (Å²) in [7, 11) is 0. The van der Waals surface area contributed by atoms with Gasteiger partial charge in [0.15, 0.2) is 0 Å². The number of aliphatic hydroxyl groups is 2. The quantitative estimate of drug-likeness (QED) is 0.562. The lowest BCUT2D eigenvalue weighted by molar-refractivity contribution is -0.121. The number of halogens is 1. The molecule has 0 aliphatic carbocycles. The standard InChI is InChI=1S/C9H11ClN2O4/c10-5-1-4(3-12-9(5)16)8(15)6(13)2-7(11)14/h1,3,6,8,13,15H,2H2,(H2,11,14)(H,12,16). The smallest absolute Gasteiger partial charge is 0.266 e. The van der Waals surface area contributed by atoms with Crippen LogP contribution in [0.5, 0.6) is 0 Å². The Kier molecular flexibility index (Phi) is 4.05. The van der Waals surface area contributed by atoms with Crippen molar-refractivity contribution >= 4 is 17.5 Å². The van der Waals surface area contributed by atoms with Crippen LogP contribution in [-0.4, -0.2) is 27.2 Å². The van der Waals surface area contributed by atoms with Crippen molar-refractivity contribution < 1.29 is 15.0 Å². The summed E-state index contributed by atoms with van der Waals surface area (Å²) in [5.74, 6) is -0.734. The van der Waals surface area contributed by atoms with Crippen LogP contribution in [0.15, 0.2) is 17.1 Å². The van der Waals surface area contributed by atoms with Gasteiger partial charge in [-0.3, -0.25) is 9.59 Å². The molecule has 1 amide bonds. The zero-order chi connectivity index (χ0) is 12.3. The number of nitrogens with one attached hydrogen (secondary N) is 1. The van der Waals surface area contributed by atoms with E-state index in [4.69, 9.17) is 17.3 Å². The first-order valence-electron chi connectivity index (χ1n) is 4.44. The molecule has 0 aliphatic heterocycles. The normalized spacial score (nSPS) is 14.4. The Hall–Kier alpha value is -1.37. The fourth-order valence-corrected chi connectivity index (χ4v) is 1.36. The van der Waals surface area contributed by atoms with E-state index in [9.17, 15) is 19.8 Å². The molecule has 5 N–H and O–H groups in total. The summed E-state index contributed by atoms with van der Waals surface area (Å²) in [5.41, 5.74) is 4.58. The number of H-pyrrole nitrogens is 1. The summed E-state index contributed by atoms with van der Waals surface area (Å²) >= 11 is 5.54. The molecule has 1 heterocycles. The van der Waals surface area contributed by atoms with Crippen molar-refractivity contribution in [3.63, 3.8) is 0 Å². The fourth-order valence-electron chi connectivity index (χ4n) is 1.18. The summed E-state index contributed by atoms with van der Waals surface area (Å²) < 4.78 is 0. The minimum absolute atomic E-state index is 0.108. The van der Waals surface area contributed by atoms with Crippen LogP contribution in [0.3, 0.4) is 0 Å². The number of nitrogens with two attached hydrogens (primary N) is 1. The predicted molar refractivity (Wildman–Crippen MR) is 56.9 cm³/mol. The van der Waals surface area contributed by atoms with Crippen LogP contribution >= 0.6 is 11.6 Å². The number of pyridine rings is 1. The van der Waals surface area contributed by atoms with Gasteiger partial charge in [-0.05, 0) is 6.07 Å². The monoisotopic (exact) mass is 246 g/mol. The zero-order valence-corrected chi connectivity index (χ0v) is 8.94. The summed E-state index contributed by atoms with van der Waals surface area (Å²) in [6.07, 6.45) is -1.83. The Labute approximate surface area is 95.7 Å². The lowest BCUT2D eigenvalue weighted by Gasteiger charge is -2.16. The van der Waals surface area contributed by atoms with Gasteiger partial charge in [-0.1, -0.05) is 11.6 Å². The second-order valence-electron chi connectivity index (χ2n) is 3.29. The topological polar surface area (TPSA) is 116 Å². The first-order chi connectivity index (χ1) is 7.41. The molecule has 0 radical (unpaired) electrons. The maximum atomic E-state index is 10.9. The maximum absolute atomic E-state index is 10.9. The fraction of sp³-hybridized carbons (Fsp3) is 0.333. The van der Waals surface area contributed by atoms with Gasteiger partial charge in [0.1, 0.15) is 11.1 Å². The highest BCUT2D eigenvalue weighted by Crippen LogP contribution is 2.19. The Morgan fingerprint density at radius 3 is 2.69 bits per heavy atom. The van der Waals surface area contributed by atoms with Crippen LogP contribution in [0.2, 0.25) is 5.02 Å². The molecule has 0 saturated heterocycles. The molecule has 88 valence electrons. The summed E-state index contributed by atoms with van der Waals surface area (Å²) in [4.78, 5) is 23.8. The van der Waals surface area contributed by atoms with Crippen LogP contribution in [0.25, 0.3) is 0 Å². The van der Waals surface area contributed by atoms with Gasteiger partial charge in [-0.25, -0.2) is 0 Å². The number of primary amides is 1. The van der Waals surface area contributed by atoms with Gasteiger partial charge >= 0.3 is 0 Å². The number of aromatic amines is 1. The largest absolute Gasteiger partial charge is 0.390 e. The average molecular weight is 247 g/mol. The Bertz CT molecular complexity index is 445. The Morgan fingerprint density at radius 1 is 1.56 bits per heavy atom. The third-order valence-electron chi connectivity index (χ3n) is 2.00. The van der Waals surface area contributed by atoms with E-state index in [-0.39, 0.29) is 17.0 Å². The van der Waals surface area contributed by atoms with Crippen LogP contribution in [0.4, 0.5) is 0 Å². The van der Waals surface area contributed by atoms with E-state index in [1.165, 1.54) is 12.3 Å². The highest BCUT2D eigenvalue weighted by Gasteiger charge is 2.21. The summed E-state index contributed by atoms with van der Waals surface area (Å²) in [5, 5.41) is 18.9.